The van der Waals surface area contributed by atoms with Crippen molar-refractivity contribution in [2.75, 3.05) is 44.7 Å². The minimum absolute atomic E-state index is 0.665. The Morgan fingerprint density at radius 2 is 2.11 bits per heavy atom. The lowest BCUT2D eigenvalue weighted by Crippen LogP contribution is -2.40. The summed E-state index contributed by atoms with van der Waals surface area (Å²) in [5.41, 5.74) is 2.95. The van der Waals surface area contributed by atoms with Gasteiger partial charge < -0.3 is 15.0 Å². The molecule has 0 spiro atoms. The number of halogens is 1. The van der Waals surface area contributed by atoms with Gasteiger partial charge in [-0.1, -0.05) is 23.7 Å². The lowest BCUT2D eigenvalue weighted by molar-refractivity contribution is 0.0367. The first-order chi connectivity index (χ1) is 13.6. The number of ether oxygens (including phenoxy) is 1. The molecule has 2 aromatic rings. The molecule has 1 aliphatic heterocycles. The second-order valence-electron chi connectivity index (χ2n) is 6.96. The molecule has 0 amide bonds. The SMILES string of the molecule is Cc1ccc(NC(=S)N(CCCN2CCOCC2)Cc2ccccn2)c(Cl)c1. The second-order valence-corrected chi connectivity index (χ2v) is 7.76. The monoisotopic (exact) mass is 418 g/mol. The molecule has 1 N–H and O–H groups in total. The second kappa shape index (κ2) is 10.7. The molecule has 0 aliphatic carbocycles. The van der Waals surface area contributed by atoms with Crippen LogP contribution in [-0.2, 0) is 11.3 Å². The third kappa shape index (κ3) is 6.41. The first-order valence-corrected chi connectivity index (χ1v) is 10.4. The number of rotatable bonds is 7. The molecule has 150 valence electrons. The predicted octanol–water partition coefficient (Wildman–Crippen LogP) is 3.96. The molecular weight excluding hydrogens is 392 g/mol. The number of pyridine rings is 1. The summed E-state index contributed by atoms with van der Waals surface area (Å²) < 4.78 is 5.43. The highest BCUT2D eigenvalue weighted by Gasteiger charge is 2.15. The summed E-state index contributed by atoms with van der Waals surface area (Å²) in [5.74, 6) is 0. The Morgan fingerprint density at radius 1 is 1.29 bits per heavy atom. The van der Waals surface area contributed by atoms with Crippen LogP contribution in [0.4, 0.5) is 5.69 Å². The number of hydrogen-bond donors (Lipinski definition) is 1. The van der Waals surface area contributed by atoms with Crippen LogP contribution in [0.3, 0.4) is 0 Å². The normalized spacial score (nSPS) is 14.6. The Labute approximate surface area is 177 Å². The molecule has 0 atom stereocenters. The molecule has 1 fully saturated rings. The molecule has 0 unspecified atom stereocenters. The lowest BCUT2D eigenvalue weighted by atomic mass is 10.2. The fraction of sp³-hybridized carbons (Fsp3) is 0.429. The number of aromatic nitrogens is 1. The molecule has 1 aromatic heterocycles. The van der Waals surface area contributed by atoms with Crippen LogP contribution in [0.2, 0.25) is 5.02 Å². The number of morpholine rings is 1. The number of anilines is 1. The van der Waals surface area contributed by atoms with E-state index in [4.69, 9.17) is 28.6 Å². The maximum absolute atomic E-state index is 6.37. The number of aryl methyl sites for hydroxylation is 1. The van der Waals surface area contributed by atoms with Gasteiger partial charge >= 0.3 is 0 Å². The molecule has 5 nitrogen and oxygen atoms in total. The zero-order valence-corrected chi connectivity index (χ0v) is 17.8. The summed E-state index contributed by atoms with van der Waals surface area (Å²) in [4.78, 5) is 9.05. The maximum Gasteiger partial charge on any atom is 0.173 e. The average Bonchev–Trinajstić information content (AvgIpc) is 2.71. The Bertz CT molecular complexity index is 768. The van der Waals surface area contributed by atoms with Gasteiger partial charge in [-0.2, -0.15) is 0 Å². The van der Waals surface area contributed by atoms with Crippen LogP contribution in [0.15, 0.2) is 42.6 Å². The van der Waals surface area contributed by atoms with E-state index in [9.17, 15) is 0 Å². The lowest BCUT2D eigenvalue weighted by Gasteiger charge is -2.29. The fourth-order valence-corrected chi connectivity index (χ4v) is 3.71. The topological polar surface area (TPSA) is 40.6 Å². The Balaban J connectivity index is 1.62. The van der Waals surface area contributed by atoms with Crippen LogP contribution in [0.25, 0.3) is 0 Å². The number of nitrogens with zero attached hydrogens (tertiary/aromatic N) is 3. The Kier molecular flexibility index (Phi) is 8.03. The summed E-state index contributed by atoms with van der Waals surface area (Å²) in [6, 6.07) is 11.9. The molecule has 28 heavy (non-hydrogen) atoms. The van der Waals surface area contributed by atoms with Gasteiger partial charge in [0.25, 0.3) is 0 Å². The fourth-order valence-electron chi connectivity index (χ4n) is 3.17. The molecule has 3 rings (SSSR count). The van der Waals surface area contributed by atoms with Crippen molar-refractivity contribution in [1.82, 2.24) is 14.8 Å². The van der Waals surface area contributed by atoms with E-state index in [-0.39, 0.29) is 0 Å². The third-order valence-electron chi connectivity index (χ3n) is 4.74. The van der Waals surface area contributed by atoms with Gasteiger partial charge in [-0.3, -0.25) is 9.88 Å². The van der Waals surface area contributed by atoms with Gasteiger partial charge in [0.15, 0.2) is 5.11 Å². The molecule has 2 heterocycles. The van der Waals surface area contributed by atoms with Crippen molar-refractivity contribution in [2.45, 2.75) is 19.9 Å². The summed E-state index contributed by atoms with van der Waals surface area (Å²) in [5, 5.41) is 4.65. The predicted molar refractivity (Wildman–Crippen MR) is 119 cm³/mol. The quantitative estimate of drug-likeness (QED) is 0.686. The van der Waals surface area contributed by atoms with Gasteiger partial charge in [-0.25, -0.2) is 0 Å². The highest BCUT2D eigenvalue weighted by atomic mass is 35.5. The van der Waals surface area contributed by atoms with E-state index in [1.165, 1.54) is 0 Å². The molecule has 1 saturated heterocycles. The molecule has 0 bridgehead atoms. The van der Waals surface area contributed by atoms with Crippen molar-refractivity contribution >= 4 is 34.6 Å². The molecule has 7 heteroatoms. The van der Waals surface area contributed by atoms with E-state index in [0.717, 1.165) is 62.8 Å². The van der Waals surface area contributed by atoms with Crippen molar-refractivity contribution in [1.29, 1.82) is 0 Å². The highest BCUT2D eigenvalue weighted by Crippen LogP contribution is 2.23. The first-order valence-electron chi connectivity index (χ1n) is 9.64. The maximum atomic E-state index is 6.37. The summed E-state index contributed by atoms with van der Waals surface area (Å²) in [6.07, 6.45) is 2.84. The number of hydrogen-bond acceptors (Lipinski definition) is 4. The first kappa shape index (κ1) is 21.0. The molecule has 1 aliphatic rings. The minimum atomic E-state index is 0.665. The standard InChI is InChI=1S/C21H27ClN4OS/c1-17-6-7-20(19(22)15-17)24-21(28)26(16-18-5-2-3-8-23-18)10-4-9-25-11-13-27-14-12-25/h2-3,5-8,15H,4,9-14,16H2,1H3,(H,24,28). The van der Waals surface area contributed by atoms with Crippen LogP contribution >= 0.6 is 23.8 Å². The largest absolute Gasteiger partial charge is 0.379 e. The number of benzene rings is 1. The van der Waals surface area contributed by atoms with E-state index < -0.39 is 0 Å². The van der Waals surface area contributed by atoms with Crippen molar-refractivity contribution in [3.05, 3.63) is 58.9 Å². The van der Waals surface area contributed by atoms with Gasteiger partial charge in [0.05, 0.1) is 36.2 Å². The van der Waals surface area contributed by atoms with Crippen LogP contribution in [-0.4, -0.2) is 59.3 Å². The van der Waals surface area contributed by atoms with E-state index in [1.54, 1.807) is 0 Å². The van der Waals surface area contributed by atoms with Gasteiger partial charge in [-0.15, -0.1) is 0 Å². The smallest absolute Gasteiger partial charge is 0.173 e. The van der Waals surface area contributed by atoms with E-state index in [0.29, 0.717) is 16.7 Å². The molecule has 1 aromatic carbocycles. The Hall–Kier alpha value is -1.73. The zero-order chi connectivity index (χ0) is 19.8. The van der Waals surface area contributed by atoms with Crippen LogP contribution in [0.1, 0.15) is 17.7 Å². The van der Waals surface area contributed by atoms with Crippen molar-refractivity contribution in [3.63, 3.8) is 0 Å². The van der Waals surface area contributed by atoms with Crippen LogP contribution < -0.4 is 5.32 Å². The van der Waals surface area contributed by atoms with Crippen molar-refractivity contribution in [2.24, 2.45) is 0 Å². The van der Waals surface area contributed by atoms with Gasteiger partial charge in [0, 0.05) is 32.4 Å². The van der Waals surface area contributed by atoms with Crippen LogP contribution in [0, 0.1) is 6.92 Å². The number of nitrogens with one attached hydrogen (secondary N) is 1. The summed E-state index contributed by atoms with van der Waals surface area (Å²) >= 11 is 12.1. The Morgan fingerprint density at radius 3 is 2.82 bits per heavy atom. The van der Waals surface area contributed by atoms with Gasteiger partial charge in [-0.05, 0) is 55.4 Å². The van der Waals surface area contributed by atoms with Crippen LogP contribution in [0.5, 0.6) is 0 Å². The van der Waals surface area contributed by atoms with Crippen molar-refractivity contribution < 1.29 is 4.74 Å². The number of thiocarbonyl (C=S) groups is 1. The molecular formula is C21H27ClN4OS. The van der Waals surface area contributed by atoms with E-state index in [1.807, 2.05) is 49.5 Å². The highest BCUT2D eigenvalue weighted by molar-refractivity contribution is 7.80. The summed E-state index contributed by atoms with van der Waals surface area (Å²) in [7, 11) is 0. The molecule has 0 radical (unpaired) electrons. The summed E-state index contributed by atoms with van der Waals surface area (Å²) in [6.45, 7) is 8.22. The minimum Gasteiger partial charge on any atom is -0.379 e. The third-order valence-corrected chi connectivity index (χ3v) is 5.41. The zero-order valence-electron chi connectivity index (χ0n) is 16.2. The molecule has 0 saturated carbocycles. The van der Waals surface area contributed by atoms with Gasteiger partial charge in [0.1, 0.15) is 0 Å². The van der Waals surface area contributed by atoms with Crippen molar-refractivity contribution in [3.8, 4) is 0 Å². The average molecular weight is 419 g/mol. The van der Waals surface area contributed by atoms with E-state index >= 15 is 0 Å². The van der Waals surface area contributed by atoms with Gasteiger partial charge in [0.2, 0.25) is 0 Å². The van der Waals surface area contributed by atoms with E-state index in [2.05, 4.69) is 20.1 Å².